The van der Waals surface area contributed by atoms with E-state index in [9.17, 15) is 9.18 Å². The first-order valence-electron chi connectivity index (χ1n) is 5.83. The minimum atomic E-state index is -0.564. The maximum absolute atomic E-state index is 13.4. The van der Waals surface area contributed by atoms with Gasteiger partial charge in [-0.15, -0.1) is 0 Å². The number of hydrogen-bond acceptors (Lipinski definition) is 1. The number of benzene rings is 1. The monoisotopic (exact) mass is 306 g/mol. The molecule has 0 bridgehead atoms. The van der Waals surface area contributed by atoms with E-state index in [1.54, 1.807) is 6.92 Å². The Morgan fingerprint density at radius 2 is 1.84 bits per heavy atom. The van der Waals surface area contributed by atoms with E-state index in [4.69, 9.17) is 23.2 Å². The predicted molar refractivity (Wildman–Crippen MR) is 76.3 cm³/mol. The van der Waals surface area contributed by atoms with Crippen molar-refractivity contribution in [3.8, 4) is 0 Å². The van der Waals surface area contributed by atoms with Crippen molar-refractivity contribution in [1.29, 1.82) is 0 Å². The zero-order valence-corrected chi connectivity index (χ0v) is 12.8. The summed E-state index contributed by atoms with van der Waals surface area (Å²) in [6.45, 7) is 7.32. The van der Waals surface area contributed by atoms with E-state index in [0.29, 0.717) is 10.6 Å². The van der Waals surface area contributed by atoms with Crippen LogP contribution in [0.4, 0.5) is 9.18 Å². The minimum Gasteiger partial charge on any atom is -0.334 e. The molecule has 3 nitrogen and oxygen atoms in total. The number of hydrogen-bond donors (Lipinski definition) is 2. The van der Waals surface area contributed by atoms with Gasteiger partial charge in [0, 0.05) is 10.6 Å². The van der Waals surface area contributed by atoms with Crippen LogP contribution in [0.5, 0.6) is 0 Å². The molecule has 2 N–H and O–H groups in total. The van der Waals surface area contributed by atoms with E-state index in [-0.39, 0.29) is 16.6 Å². The SMILES string of the molecule is CC(NC(=O)NC(C)(C)C)c1cc(F)c(Cl)cc1Cl. The van der Waals surface area contributed by atoms with Gasteiger partial charge in [0.05, 0.1) is 11.1 Å². The molecule has 6 heteroatoms. The summed E-state index contributed by atoms with van der Waals surface area (Å²) >= 11 is 11.6. The number of carbonyl (C=O) groups excluding carboxylic acids is 1. The van der Waals surface area contributed by atoms with Crippen molar-refractivity contribution in [1.82, 2.24) is 10.6 Å². The first-order chi connectivity index (χ1) is 8.60. The summed E-state index contributed by atoms with van der Waals surface area (Å²) in [5.41, 5.74) is 0.131. The topological polar surface area (TPSA) is 41.1 Å². The van der Waals surface area contributed by atoms with Gasteiger partial charge in [0.2, 0.25) is 0 Å². The Balaban J connectivity index is 2.81. The molecular formula is C13H17Cl2FN2O. The molecule has 1 unspecified atom stereocenters. The highest BCUT2D eigenvalue weighted by molar-refractivity contribution is 6.35. The standard InChI is InChI=1S/C13H17Cl2FN2O/c1-7(17-12(19)18-13(2,3)4)8-5-11(16)10(15)6-9(8)14/h5-7H,1-4H3,(H2,17,18,19). The van der Waals surface area contributed by atoms with E-state index in [1.807, 2.05) is 20.8 Å². The Labute approximate surface area is 122 Å². The largest absolute Gasteiger partial charge is 0.334 e. The van der Waals surface area contributed by atoms with Crippen molar-refractivity contribution in [2.45, 2.75) is 39.3 Å². The zero-order valence-electron chi connectivity index (χ0n) is 11.3. The third-order valence-electron chi connectivity index (χ3n) is 2.34. The highest BCUT2D eigenvalue weighted by atomic mass is 35.5. The second-order valence-corrected chi connectivity index (χ2v) is 6.17. The maximum Gasteiger partial charge on any atom is 0.315 e. The van der Waals surface area contributed by atoms with E-state index < -0.39 is 11.9 Å². The average molecular weight is 307 g/mol. The Kier molecular flexibility index (Phi) is 5.04. The average Bonchev–Trinajstić information content (AvgIpc) is 2.20. The molecule has 0 fully saturated rings. The summed E-state index contributed by atoms with van der Waals surface area (Å²) < 4.78 is 13.4. The van der Waals surface area contributed by atoms with Crippen LogP contribution < -0.4 is 10.6 Å². The maximum atomic E-state index is 13.4. The van der Waals surface area contributed by atoms with Gasteiger partial charge in [0.1, 0.15) is 5.82 Å². The molecule has 106 valence electrons. The molecule has 0 saturated carbocycles. The number of carbonyl (C=O) groups is 1. The summed E-state index contributed by atoms with van der Waals surface area (Å²) in [6.07, 6.45) is 0. The van der Waals surface area contributed by atoms with Gasteiger partial charge in [-0.1, -0.05) is 23.2 Å². The van der Waals surface area contributed by atoms with Crippen molar-refractivity contribution in [2.24, 2.45) is 0 Å². The van der Waals surface area contributed by atoms with Crippen LogP contribution in [0.2, 0.25) is 10.0 Å². The Morgan fingerprint density at radius 3 is 2.37 bits per heavy atom. The van der Waals surface area contributed by atoms with Gasteiger partial charge in [-0.05, 0) is 45.4 Å². The van der Waals surface area contributed by atoms with Crippen LogP contribution in [0.1, 0.15) is 39.3 Å². The molecule has 0 aliphatic rings. The lowest BCUT2D eigenvalue weighted by molar-refractivity contribution is 0.229. The lowest BCUT2D eigenvalue weighted by atomic mass is 10.1. The number of amides is 2. The van der Waals surface area contributed by atoms with Crippen LogP contribution in [0.15, 0.2) is 12.1 Å². The summed E-state index contributed by atoms with van der Waals surface area (Å²) in [6, 6.07) is 1.79. The first kappa shape index (κ1) is 16.1. The highest BCUT2D eigenvalue weighted by Gasteiger charge is 2.18. The van der Waals surface area contributed by atoms with Gasteiger partial charge >= 0.3 is 6.03 Å². The fourth-order valence-corrected chi connectivity index (χ4v) is 2.07. The van der Waals surface area contributed by atoms with Crippen LogP contribution in [-0.2, 0) is 0 Å². The van der Waals surface area contributed by atoms with Crippen molar-refractivity contribution in [2.75, 3.05) is 0 Å². The summed E-state index contributed by atoms with van der Waals surface area (Å²) in [5, 5.41) is 5.72. The lowest BCUT2D eigenvalue weighted by Gasteiger charge is -2.23. The van der Waals surface area contributed by atoms with Gasteiger partial charge in [0.15, 0.2) is 0 Å². The lowest BCUT2D eigenvalue weighted by Crippen LogP contribution is -2.47. The molecule has 0 aromatic heterocycles. The Hall–Kier alpha value is -1.00. The molecule has 2 amide bonds. The summed E-state index contributed by atoms with van der Waals surface area (Å²) in [5.74, 6) is -0.564. The molecule has 1 rings (SSSR count). The van der Waals surface area contributed by atoms with E-state index >= 15 is 0 Å². The molecular weight excluding hydrogens is 290 g/mol. The number of rotatable bonds is 2. The quantitative estimate of drug-likeness (QED) is 0.786. The molecule has 1 aromatic carbocycles. The second kappa shape index (κ2) is 5.97. The molecule has 19 heavy (non-hydrogen) atoms. The Bertz CT molecular complexity index is 486. The molecule has 0 aliphatic carbocycles. The third-order valence-corrected chi connectivity index (χ3v) is 2.96. The summed E-state index contributed by atoms with van der Waals surface area (Å²) in [4.78, 5) is 11.7. The molecule has 0 saturated heterocycles. The fourth-order valence-electron chi connectivity index (χ4n) is 1.52. The van der Waals surface area contributed by atoms with Crippen molar-refractivity contribution in [3.05, 3.63) is 33.6 Å². The van der Waals surface area contributed by atoms with Gasteiger partial charge in [-0.25, -0.2) is 9.18 Å². The Morgan fingerprint density at radius 1 is 1.26 bits per heavy atom. The van der Waals surface area contributed by atoms with Crippen LogP contribution in [0, 0.1) is 5.82 Å². The number of urea groups is 1. The van der Waals surface area contributed by atoms with Crippen LogP contribution in [0.3, 0.4) is 0 Å². The number of halogens is 3. The summed E-state index contributed by atoms with van der Waals surface area (Å²) in [7, 11) is 0. The van der Waals surface area contributed by atoms with Gasteiger partial charge in [-0.3, -0.25) is 0 Å². The van der Waals surface area contributed by atoms with E-state index in [0.717, 1.165) is 0 Å². The van der Waals surface area contributed by atoms with Crippen molar-refractivity contribution < 1.29 is 9.18 Å². The molecule has 0 spiro atoms. The van der Waals surface area contributed by atoms with Gasteiger partial charge in [0.25, 0.3) is 0 Å². The smallest absolute Gasteiger partial charge is 0.315 e. The van der Waals surface area contributed by atoms with Crippen LogP contribution in [0.25, 0.3) is 0 Å². The molecule has 1 aromatic rings. The van der Waals surface area contributed by atoms with Gasteiger partial charge in [-0.2, -0.15) is 0 Å². The second-order valence-electron chi connectivity index (χ2n) is 5.36. The van der Waals surface area contributed by atoms with Gasteiger partial charge < -0.3 is 10.6 Å². The minimum absolute atomic E-state index is 0.0416. The predicted octanol–water partition coefficient (Wildman–Crippen LogP) is 4.29. The van der Waals surface area contributed by atoms with Crippen molar-refractivity contribution >= 4 is 29.2 Å². The zero-order chi connectivity index (χ0) is 14.8. The number of nitrogens with one attached hydrogen (secondary N) is 2. The molecule has 0 heterocycles. The van der Waals surface area contributed by atoms with Crippen molar-refractivity contribution in [3.63, 3.8) is 0 Å². The first-order valence-corrected chi connectivity index (χ1v) is 6.59. The van der Waals surface area contributed by atoms with Crippen LogP contribution >= 0.6 is 23.2 Å². The molecule has 0 radical (unpaired) electrons. The normalized spacial score (nSPS) is 13.0. The molecule has 0 aliphatic heterocycles. The van der Waals surface area contributed by atoms with Crippen LogP contribution in [-0.4, -0.2) is 11.6 Å². The highest BCUT2D eigenvalue weighted by Crippen LogP contribution is 2.28. The molecule has 1 atom stereocenters. The fraction of sp³-hybridized carbons (Fsp3) is 0.462. The van der Waals surface area contributed by atoms with E-state index in [1.165, 1.54) is 12.1 Å². The van der Waals surface area contributed by atoms with E-state index in [2.05, 4.69) is 10.6 Å². The third kappa shape index (κ3) is 4.88.